The summed E-state index contributed by atoms with van der Waals surface area (Å²) in [5.41, 5.74) is -1.79. The molecular formula is C14H23N3O4. The molecule has 0 aromatic carbocycles. The summed E-state index contributed by atoms with van der Waals surface area (Å²) >= 11 is 0. The molecule has 2 rings (SSSR count). The number of aliphatic carboxylic acids is 1. The first kappa shape index (κ1) is 15.8. The van der Waals surface area contributed by atoms with Gasteiger partial charge in [0.2, 0.25) is 0 Å². The Morgan fingerprint density at radius 3 is 2.43 bits per heavy atom. The number of carbonyl (C=O) groups excluding carboxylic acids is 2. The van der Waals surface area contributed by atoms with Gasteiger partial charge in [-0.3, -0.25) is 19.4 Å². The summed E-state index contributed by atoms with van der Waals surface area (Å²) in [4.78, 5) is 38.5. The number of likely N-dealkylation sites (tertiary alicyclic amines) is 1. The first-order valence-electron chi connectivity index (χ1n) is 7.31. The van der Waals surface area contributed by atoms with E-state index < -0.39 is 23.1 Å². The van der Waals surface area contributed by atoms with Gasteiger partial charge in [-0.15, -0.1) is 0 Å². The standard InChI is InChI=1S/C14H23N3O4/c1-13(2)10(18)17(12(21)15-13)9-8-16-7-5-4-6-14(16,3)11(19)20/h4-9H2,1-3H3,(H,15,21)(H,19,20). The summed E-state index contributed by atoms with van der Waals surface area (Å²) in [5.74, 6) is -1.11. The van der Waals surface area contributed by atoms with E-state index in [9.17, 15) is 19.5 Å². The fourth-order valence-corrected chi connectivity index (χ4v) is 3.02. The Morgan fingerprint density at radius 1 is 1.24 bits per heavy atom. The van der Waals surface area contributed by atoms with E-state index in [0.29, 0.717) is 19.5 Å². The molecule has 1 atom stereocenters. The smallest absolute Gasteiger partial charge is 0.325 e. The Kier molecular flexibility index (Phi) is 3.97. The fraction of sp³-hybridized carbons (Fsp3) is 0.786. The van der Waals surface area contributed by atoms with Gasteiger partial charge in [-0.1, -0.05) is 0 Å². The maximum Gasteiger partial charge on any atom is 0.325 e. The van der Waals surface area contributed by atoms with Crippen LogP contribution in [0.5, 0.6) is 0 Å². The maximum atomic E-state index is 12.1. The molecule has 2 N–H and O–H groups in total. The van der Waals surface area contributed by atoms with Crippen LogP contribution in [0.3, 0.4) is 0 Å². The Balaban J connectivity index is 2.03. The Bertz CT molecular complexity index is 477. The number of nitrogens with zero attached hydrogens (tertiary/aromatic N) is 2. The monoisotopic (exact) mass is 297 g/mol. The Labute approximate surface area is 124 Å². The highest BCUT2D eigenvalue weighted by molar-refractivity contribution is 6.06. The van der Waals surface area contributed by atoms with Crippen LogP contribution in [0.25, 0.3) is 0 Å². The van der Waals surface area contributed by atoms with Crippen LogP contribution in [0, 0.1) is 0 Å². The third-order valence-electron chi connectivity index (χ3n) is 4.54. The van der Waals surface area contributed by atoms with Crippen LogP contribution in [-0.4, -0.2) is 63.5 Å². The number of hydrogen-bond acceptors (Lipinski definition) is 4. The molecular weight excluding hydrogens is 274 g/mol. The first-order chi connectivity index (χ1) is 9.68. The second kappa shape index (κ2) is 5.29. The number of carbonyl (C=O) groups is 3. The molecule has 0 aromatic rings. The first-order valence-corrected chi connectivity index (χ1v) is 7.31. The molecule has 2 saturated heterocycles. The lowest BCUT2D eigenvalue weighted by atomic mass is 9.88. The van der Waals surface area contributed by atoms with Crippen molar-refractivity contribution in [2.24, 2.45) is 0 Å². The van der Waals surface area contributed by atoms with Crippen molar-refractivity contribution in [1.29, 1.82) is 0 Å². The lowest BCUT2D eigenvalue weighted by molar-refractivity contribution is -0.153. The Hall–Kier alpha value is -1.63. The molecule has 2 aliphatic heterocycles. The van der Waals surface area contributed by atoms with Gasteiger partial charge < -0.3 is 10.4 Å². The van der Waals surface area contributed by atoms with E-state index in [1.54, 1.807) is 20.8 Å². The molecule has 1 unspecified atom stereocenters. The van der Waals surface area contributed by atoms with E-state index in [-0.39, 0.29) is 12.5 Å². The van der Waals surface area contributed by atoms with Gasteiger partial charge in [0.1, 0.15) is 11.1 Å². The third-order valence-corrected chi connectivity index (χ3v) is 4.54. The average molecular weight is 297 g/mol. The summed E-state index contributed by atoms with van der Waals surface area (Å²) in [7, 11) is 0. The SMILES string of the molecule is CC1(C)NC(=O)N(CCN2CCCCC2(C)C(=O)O)C1=O. The summed E-state index contributed by atoms with van der Waals surface area (Å²) in [6.45, 7) is 6.32. The van der Waals surface area contributed by atoms with Gasteiger partial charge in [0.25, 0.3) is 5.91 Å². The molecule has 0 radical (unpaired) electrons. The fourth-order valence-electron chi connectivity index (χ4n) is 3.02. The number of nitrogens with one attached hydrogen (secondary N) is 1. The zero-order chi connectivity index (χ0) is 15.8. The lowest BCUT2D eigenvalue weighted by Gasteiger charge is -2.42. The molecule has 21 heavy (non-hydrogen) atoms. The molecule has 2 aliphatic rings. The molecule has 7 nitrogen and oxygen atoms in total. The number of imide groups is 1. The van der Waals surface area contributed by atoms with E-state index in [0.717, 1.165) is 12.8 Å². The molecule has 118 valence electrons. The summed E-state index contributed by atoms with van der Waals surface area (Å²) < 4.78 is 0. The molecule has 0 saturated carbocycles. The summed E-state index contributed by atoms with van der Waals surface area (Å²) in [6.07, 6.45) is 2.41. The van der Waals surface area contributed by atoms with Crippen LogP contribution in [0.1, 0.15) is 40.0 Å². The number of carboxylic acid groups (broad SMARTS) is 1. The quantitative estimate of drug-likeness (QED) is 0.743. The second-order valence-corrected chi connectivity index (χ2v) is 6.54. The van der Waals surface area contributed by atoms with Crippen molar-refractivity contribution in [3.8, 4) is 0 Å². The van der Waals surface area contributed by atoms with Gasteiger partial charge >= 0.3 is 12.0 Å². The van der Waals surface area contributed by atoms with Crippen molar-refractivity contribution >= 4 is 17.9 Å². The predicted molar refractivity (Wildman–Crippen MR) is 75.8 cm³/mol. The molecule has 2 fully saturated rings. The molecule has 2 heterocycles. The highest BCUT2D eigenvalue weighted by Gasteiger charge is 2.46. The van der Waals surface area contributed by atoms with Crippen LogP contribution in [-0.2, 0) is 9.59 Å². The minimum Gasteiger partial charge on any atom is -0.480 e. The molecule has 3 amide bonds. The van der Waals surface area contributed by atoms with Crippen molar-refractivity contribution in [3.05, 3.63) is 0 Å². The maximum absolute atomic E-state index is 12.1. The minimum absolute atomic E-state index is 0.219. The van der Waals surface area contributed by atoms with E-state index in [1.165, 1.54) is 4.90 Å². The van der Waals surface area contributed by atoms with Crippen molar-refractivity contribution < 1.29 is 19.5 Å². The van der Waals surface area contributed by atoms with Crippen molar-refractivity contribution in [2.45, 2.75) is 51.1 Å². The van der Waals surface area contributed by atoms with Crippen LogP contribution < -0.4 is 5.32 Å². The largest absolute Gasteiger partial charge is 0.480 e. The summed E-state index contributed by atoms with van der Waals surface area (Å²) in [6, 6.07) is -0.404. The van der Waals surface area contributed by atoms with Crippen LogP contribution >= 0.6 is 0 Å². The second-order valence-electron chi connectivity index (χ2n) is 6.54. The lowest BCUT2D eigenvalue weighted by Crippen LogP contribution is -2.57. The van der Waals surface area contributed by atoms with Gasteiger partial charge in [0, 0.05) is 13.1 Å². The van der Waals surface area contributed by atoms with Crippen molar-refractivity contribution in [2.75, 3.05) is 19.6 Å². The van der Waals surface area contributed by atoms with Gasteiger partial charge in [-0.2, -0.15) is 0 Å². The topological polar surface area (TPSA) is 90.0 Å². The van der Waals surface area contributed by atoms with Gasteiger partial charge in [0.05, 0.1) is 0 Å². The number of carboxylic acids is 1. The normalized spacial score (nSPS) is 29.6. The molecule has 0 aliphatic carbocycles. The molecule has 0 bridgehead atoms. The predicted octanol–water partition coefficient (Wildman–Crippen LogP) is 0.646. The number of amides is 3. The van der Waals surface area contributed by atoms with Crippen molar-refractivity contribution in [1.82, 2.24) is 15.1 Å². The van der Waals surface area contributed by atoms with Gasteiger partial charge in [-0.25, -0.2) is 4.79 Å². The van der Waals surface area contributed by atoms with E-state index in [1.807, 2.05) is 4.90 Å². The number of urea groups is 1. The summed E-state index contributed by atoms with van der Waals surface area (Å²) in [5, 5.41) is 12.1. The van der Waals surface area contributed by atoms with Crippen molar-refractivity contribution in [3.63, 3.8) is 0 Å². The van der Waals surface area contributed by atoms with Gasteiger partial charge in [-0.05, 0) is 46.6 Å². The van der Waals surface area contributed by atoms with Gasteiger partial charge in [0.15, 0.2) is 0 Å². The number of piperidine rings is 1. The zero-order valence-electron chi connectivity index (χ0n) is 12.8. The highest BCUT2D eigenvalue weighted by atomic mass is 16.4. The van der Waals surface area contributed by atoms with Crippen LogP contribution in [0.4, 0.5) is 4.79 Å². The third kappa shape index (κ3) is 2.74. The zero-order valence-corrected chi connectivity index (χ0v) is 12.8. The average Bonchev–Trinajstić information content (AvgIpc) is 2.58. The van der Waals surface area contributed by atoms with E-state index in [4.69, 9.17) is 0 Å². The minimum atomic E-state index is -0.910. The van der Waals surface area contributed by atoms with Crippen LogP contribution in [0.15, 0.2) is 0 Å². The Morgan fingerprint density at radius 2 is 1.90 bits per heavy atom. The van der Waals surface area contributed by atoms with E-state index in [2.05, 4.69) is 5.32 Å². The number of rotatable bonds is 4. The van der Waals surface area contributed by atoms with Crippen LogP contribution in [0.2, 0.25) is 0 Å². The van der Waals surface area contributed by atoms with E-state index >= 15 is 0 Å². The number of hydrogen-bond donors (Lipinski definition) is 2. The molecule has 0 spiro atoms. The highest BCUT2D eigenvalue weighted by Crippen LogP contribution is 2.28. The molecule has 0 aromatic heterocycles. The molecule has 7 heteroatoms.